The van der Waals surface area contributed by atoms with Gasteiger partial charge in [-0.1, -0.05) is 122 Å². The predicted octanol–water partition coefficient (Wildman–Crippen LogP) is 7.78. The van der Waals surface area contributed by atoms with E-state index in [1.54, 1.807) is 0 Å². The summed E-state index contributed by atoms with van der Waals surface area (Å²) in [5.74, 6) is -0.0516. The molecule has 4 heteroatoms. The molecule has 0 rings (SSSR count). The predicted molar refractivity (Wildman–Crippen MR) is 147 cm³/mol. The Kier molecular flexibility index (Phi) is 25.6. The van der Waals surface area contributed by atoms with Gasteiger partial charge in [0, 0.05) is 6.42 Å². The molecule has 2 atom stereocenters. The number of hydrogen-bond acceptors (Lipinski definition) is 3. The maximum Gasteiger partial charge on any atom is 0.220 e. The fourth-order valence-electron chi connectivity index (χ4n) is 4.16. The molecule has 200 valence electrons. The standard InChI is InChI=1S/C30H57NO3/c1-3-5-7-9-11-13-14-15-16-18-20-22-24-26-30(34)31-28(27-32)29(33)25-23-21-19-17-12-10-8-6-4-2/h7,9,13-14,28-29,32-33H,3-6,8,10-12,15-27H2,1-2H3,(H,31,34)/b9-7-,14-13-. The van der Waals surface area contributed by atoms with E-state index in [1.807, 2.05) is 0 Å². The summed E-state index contributed by atoms with van der Waals surface area (Å²) < 4.78 is 0. The first-order valence-corrected chi connectivity index (χ1v) is 14.5. The Labute approximate surface area is 211 Å². The largest absolute Gasteiger partial charge is 0.394 e. The molecule has 2 unspecified atom stereocenters. The Bertz CT molecular complexity index is 489. The molecule has 0 aliphatic rings. The van der Waals surface area contributed by atoms with E-state index in [4.69, 9.17) is 0 Å². The molecule has 0 aromatic heterocycles. The lowest BCUT2D eigenvalue weighted by Crippen LogP contribution is -2.45. The fraction of sp³-hybridized carbons (Fsp3) is 0.833. The van der Waals surface area contributed by atoms with Crippen LogP contribution in [0.25, 0.3) is 0 Å². The average molecular weight is 480 g/mol. The van der Waals surface area contributed by atoms with E-state index in [0.29, 0.717) is 12.8 Å². The highest BCUT2D eigenvalue weighted by atomic mass is 16.3. The summed E-state index contributed by atoms with van der Waals surface area (Å²) in [5.41, 5.74) is 0. The summed E-state index contributed by atoms with van der Waals surface area (Å²) in [4.78, 5) is 12.2. The Hall–Kier alpha value is -1.13. The summed E-state index contributed by atoms with van der Waals surface area (Å²) in [5, 5.41) is 22.8. The SMILES string of the molecule is CCC/C=C\C/C=C\CCCCCCCC(=O)NC(CO)C(O)CCCCCCCCCCC. The molecule has 1 amide bonds. The van der Waals surface area contributed by atoms with E-state index in [1.165, 1.54) is 70.6 Å². The zero-order valence-electron chi connectivity index (χ0n) is 22.6. The van der Waals surface area contributed by atoms with Crippen molar-refractivity contribution < 1.29 is 15.0 Å². The van der Waals surface area contributed by atoms with Crippen molar-refractivity contribution in [3.05, 3.63) is 24.3 Å². The van der Waals surface area contributed by atoms with Gasteiger partial charge in [0.2, 0.25) is 5.91 Å². The Morgan fingerprint density at radius 3 is 1.88 bits per heavy atom. The van der Waals surface area contributed by atoms with Crippen LogP contribution in [-0.4, -0.2) is 34.9 Å². The number of rotatable bonds is 25. The van der Waals surface area contributed by atoms with Gasteiger partial charge in [0.1, 0.15) is 0 Å². The van der Waals surface area contributed by atoms with Crippen LogP contribution in [0.1, 0.15) is 142 Å². The smallest absolute Gasteiger partial charge is 0.220 e. The minimum absolute atomic E-state index is 0.0516. The number of aliphatic hydroxyl groups excluding tert-OH is 2. The van der Waals surface area contributed by atoms with Gasteiger partial charge in [0.15, 0.2) is 0 Å². The first-order valence-electron chi connectivity index (χ1n) is 14.5. The zero-order valence-corrected chi connectivity index (χ0v) is 22.6. The first-order chi connectivity index (χ1) is 16.7. The van der Waals surface area contributed by atoms with Crippen molar-refractivity contribution in [2.24, 2.45) is 0 Å². The van der Waals surface area contributed by atoms with Gasteiger partial charge in [-0.2, -0.15) is 0 Å². The van der Waals surface area contributed by atoms with Gasteiger partial charge in [-0.3, -0.25) is 4.79 Å². The quantitative estimate of drug-likeness (QED) is 0.0924. The number of amides is 1. The molecular formula is C30H57NO3. The van der Waals surface area contributed by atoms with Crippen molar-refractivity contribution >= 4 is 5.91 Å². The molecule has 0 heterocycles. The third-order valence-electron chi connectivity index (χ3n) is 6.45. The highest BCUT2D eigenvalue weighted by molar-refractivity contribution is 5.76. The van der Waals surface area contributed by atoms with Crippen molar-refractivity contribution in [3.8, 4) is 0 Å². The molecule has 0 aliphatic heterocycles. The normalized spacial score (nSPS) is 13.6. The van der Waals surface area contributed by atoms with Crippen LogP contribution >= 0.6 is 0 Å². The molecule has 0 saturated carbocycles. The van der Waals surface area contributed by atoms with E-state index < -0.39 is 12.1 Å². The number of unbranched alkanes of at least 4 members (excludes halogenated alkanes) is 14. The van der Waals surface area contributed by atoms with Gasteiger partial charge in [-0.25, -0.2) is 0 Å². The van der Waals surface area contributed by atoms with Crippen molar-refractivity contribution in [2.45, 2.75) is 154 Å². The second kappa shape index (κ2) is 26.5. The third-order valence-corrected chi connectivity index (χ3v) is 6.45. The Balaban J connectivity index is 3.66. The van der Waals surface area contributed by atoms with Crippen LogP contribution in [0, 0.1) is 0 Å². The number of carbonyl (C=O) groups excluding carboxylic acids is 1. The topological polar surface area (TPSA) is 69.6 Å². The third kappa shape index (κ3) is 22.7. The molecular weight excluding hydrogens is 422 g/mol. The first kappa shape index (κ1) is 32.9. The second-order valence-electron chi connectivity index (χ2n) is 9.81. The number of aliphatic hydroxyl groups is 2. The van der Waals surface area contributed by atoms with Crippen LogP contribution < -0.4 is 5.32 Å². The van der Waals surface area contributed by atoms with E-state index in [9.17, 15) is 15.0 Å². The fourth-order valence-corrected chi connectivity index (χ4v) is 4.16. The second-order valence-corrected chi connectivity index (χ2v) is 9.81. The van der Waals surface area contributed by atoms with Crippen LogP contribution in [0.3, 0.4) is 0 Å². The van der Waals surface area contributed by atoms with Crippen LogP contribution in [0.2, 0.25) is 0 Å². The molecule has 0 aliphatic carbocycles. The summed E-state index contributed by atoms with van der Waals surface area (Å²) in [7, 11) is 0. The Morgan fingerprint density at radius 2 is 1.26 bits per heavy atom. The highest BCUT2D eigenvalue weighted by Crippen LogP contribution is 2.13. The van der Waals surface area contributed by atoms with E-state index in [2.05, 4.69) is 43.5 Å². The lowest BCUT2D eigenvalue weighted by atomic mass is 10.0. The molecule has 3 N–H and O–H groups in total. The molecule has 0 bridgehead atoms. The van der Waals surface area contributed by atoms with E-state index >= 15 is 0 Å². The Morgan fingerprint density at radius 1 is 0.706 bits per heavy atom. The average Bonchev–Trinajstić information content (AvgIpc) is 2.84. The van der Waals surface area contributed by atoms with E-state index in [0.717, 1.165) is 44.9 Å². The van der Waals surface area contributed by atoms with Crippen LogP contribution in [-0.2, 0) is 4.79 Å². The van der Waals surface area contributed by atoms with Gasteiger partial charge in [0.05, 0.1) is 18.8 Å². The summed E-state index contributed by atoms with van der Waals surface area (Å²) in [6.07, 6.45) is 30.7. The molecule has 0 saturated heterocycles. The zero-order chi connectivity index (χ0) is 25.1. The van der Waals surface area contributed by atoms with Crippen molar-refractivity contribution in [1.29, 1.82) is 0 Å². The van der Waals surface area contributed by atoms with Gasteiger partial charge < -0.3 is 15.5 Å². The number of allylic oxidation sites excluding steroid dienone is 4. The summed E-state index contributed by atoms with van der Waals surface area (Å²) in [6.45, 7) is 4.24. The van der Waals surface area contributed by atoms with Gasteiger partial charge in [-0.05, 0) is 38.5 Å². The van der Waals surface area contributed by atoms with Gasteiger partial charge in [0.25, 0.3) is 0 Å². The molecule has 0 radical (unpaired) electrons. The number of carbonyl (C=O) groups is 1. The minimum Gasteiger partial charge on any atom is -0.394 e. The number of hydrogen-bond donors (Lipinski definition) is 3. The monoisotopic (exact) mass is 479 g/mol. The van der Waals surface area contributed by atoms with Crippen molar-refractivity contribution in [1.82, 2.24) is 5.32 Å². The molecule has 0 fully saturated rings. The van der Waals surface area contributed by atoms with Crippen LogP contribution in [0.15, 0.2) is 24.3 Å². The van der Waals surface area contributed by atoms with Gasteiger partial charge in [-0.15, -0.1) is 0 Å². The lowest BCUT2D eigenvalue weighted by molar-refractivity contribution is -0.123. The highest BCUT2D eigenvalue weighted by Gasteiger charge is 2.19. The van der Waals surface area contributed by atoms with Crippen LogP contribution in [0.5, 0.6) is 0 Å². The summed E-state index contributed by atoms with van der Waals surface area (Å²) >= 11 is 0. The molecule has 4 nitrogen and oxygen atoms in total. The van der Waals surface area contributed by atoms with E-state index in [-0.39, 0.29) is 12.5 Å². The molecule has 0 aromatic rings. The van der Waals surface area contributed by atoms with Gasteiger partial charge >= 0.3 is 0 Å². The maximum absolute atomic E-state index is 12.2. The van der Waals surface area contributed by atoms with Crippen molar-refractivity contribution in [3.63, 3.8) is 0 Å². The summed E-state index contributed by atoms with van der Waals surface area (Å²) in [6, 6.07) is -0.537. The molecule has 0 aromatic carbocycles. The van der Waals surface area contributed by atoms with Crippen LogP contribution in [0.4, 0.5) is 0 Å². The molecule has 0 spiro atoms. The van der Waals surface area contributed by atoms with Crippen molar-refractivity contribution in [2.75, 3.05) is 6.61 Å². The maximum atomic E-state index is 12.2. The molecule has 34 heavy (non-hydrogen) atoms. The number of nitrogens with one attached hydrogen (secondary N) is 1. The minimum atomic E-state index is -0.659. The lowest BCUT2D eigenvalue weighted by Gasteiger charge is -2.22.